The van der Waals surface area contributed by atoms with Crippen LogP contribution in [0.1, 0.15) is 5.69 Å². The van der Waals surface area contributed by atoms with Crippen LogP contribution < -0.4 is 15.7 Å². The van der Waals surface area contributed by atoms with Crippen LogP contribution in [-0.4, -0.2) is 27.8 Å². The van der Waals surface area contributed by atoms with E-state index in [-0.39, 0.29) is 5.69 Å². The molecule has 1 aromatic carbocycles. The zero-order chi connectivity index (χ0) is 16.5. The lowest BCUT2D eigenvalue weighted by atomic mass is 10.2. The summed E-state index contributed by atoms with van der Waals surface area (Å²) in [6, 6.07) is 13.3. The van der Waals surface area contributed by atoms with Crippen molar-refractivity contribution in [3.63, 3.8) is 0 Å². The van der Waals surface area contributed by atoms with E-state index in [0.717, 1.165) is 35.1 Å². The fraction of sp³-hybridized carbons (Fsp3) is 0.222. The number of pyridine rings is 1. The van der Waals surface area contributed by atoms with Gasteiger partial charge in [0.25, 0.3) is 0 Å². The normalized spacial score (nSPS) is 13.5. The van der Waals surface area contributed by atoms with E-state index < -0.39 is 0 Å². The third-order valence-corrected chi connectivity index (χ3v) is 4.29. The Kier molecular flexibility index (Phi) is 3.66. The first-order chi connectivity index (χ1) is 11.8. The number of hydrogen-bond acceptors (Lipinski definition) is 4. The summed E-state index contributed by atoms with van der Waals surface area (Å²) < 4.78 is 8.79. The molecule has 1 aliphatic rings. The molecule has 0 unspecified atom stereocenters. The molecule has 0 saturated carbocycles. The summed E-state index contributed by atoms with van der Waals surface area (Å²) in [5.41, 5.74) is 3.39. The van der Waals surface area contributed by atoms with E-state index in [4.69, 9.17) is 4.74 Å². The molecule has 0 aliphatic carbocycles. The Morgan fingerprint density at radius 3 is 2.71 bits per heavy atom. The second kappa shape index (κ2) is 5.98. The van der Waals surface area contributed by atoms with Gasteiger partial charge in [-0.1, -0.05) is 6.07 Å². The number of rotatable bonds is 3. The van der Waals surface area contributed by atoms with Gasteiger partial charge in [-0.2, -0.15) is 0 Å². The lowest BCUT2D eigenvalue weighted by molar-refractivity contribution is 0.414. The maximum atomic E-state index is 13.0. The van der Waals surface area contributed by atoms with E-state index >= 15 is 0 Å². The molecule has 6 heteroatoms. The predicted molar refractivity (Wildman–Crippen MR) is 91.5 cm³/mol. The van der Waals surface area contributed by atoms with Crippen LogP contribution in [0.25, 0.3) is 17.1 Å². The number of methoxy groups -OCH3 is 1. The molecule has 0 saturated heterocycles. The fourth-order valence-electron chi connectivity index (χ4n) is 3.13. The summed E-state index contributed by atoms with van der Waals surface area (Å²) in [5, 5.41) is 3.34. The molecular weight excluding hydrogens is 304 g/mol. The lowest BCUT2D eigenvalue weighted by Gasteiger charge is -2.16. The number of ether oxygens (including phenoxy) is 1. The molecule has 3 heterocycles. The standard InChI is InChI=1S/C18H18N4O2/c1-24-14-7-5-13(6-8-14)22-17(15-4-2-3-9-20-15)16-12-19-10-11-21(16)18(22)23/h2-9,19H,10-12H2,1H3. The van der Waals surface area contributed by atoms with E-state index in [9.17, 15) is 4.79 Å². The van der Waals surface area contributed by atoms with Gasteiger partial charge in [-0.3, -0.25) is 14.1 Å². The number of hydrogen-bond donors (Lipinski definition) is 1. The third kappa shape index (κ3) is 2.32. The van der Waals surface area contributed by atoms with Gasteiger partial charge < -0.3 is 10.1 Å². The summed E-state index contributed by atoms with van der Waals surface area (Å²) in [5.74, 6) is 0.761. The van der Waals surface area contributed by atoms with Crippen LogP contribution in [0.15, 0.2) is 53.5 Å². The highest BCUT2D eigenvalue weighted by Gasteiger charge is 2.24. The Labute approximate surface area is 139 Å². The molecule has 122 valence electrons. The van der Waals surface area contributed by atoms with Crippen molar-refractivity contribution < 1.29 is 4.74 Å². The maximum Gasteiger partial charge on any atom is 0.333 e. The Bertz CT molecular complexity index is 911. The van der Waals surface area contributed by atoms with E-state index in [1.165, 1.54) is 0 Å². The van der Waals surface area contributed by atoms with Crippen molar-refractivity contribution in [2.24, 2.45) is 0 Å². The first kappa shape index (κ1) is 14.7. The number of aromatic nitrogens is 3. The minimum atomic E-state index is -0.0303. The van der Waals surface area contributed by atoms with Crippen molar-refractivity contribution in [3.8, 4) is 22.8 Å². The molecule has 0 radical (unpaired) electrons. The number of benzene rings is 1. The summed E-state index contributed by atoms with van der Waals surface area (Å²) in [6.45, 7) is 2.11. The average Bonchev–Trinajstić information content (AvgIpc) is 2.95. The van der Waals surface area contributed by atoms with Gasteiger partial charge >= 0.3 is 5.69 Å². The van der Waals surface area contributed by atoms with Gasteiger partial charge in [0.15, 0.2) is 0 Å². The Morgan fingerprint density at radius 1 is 1.17 bits per heavy atom. The van der Waals surface area contributed by atoms with E-state index in [2.05, 4.69) is 10.3 Å². The van der Waals surface area contributed by atoms with Gasteiger partial charge in [0, 0.05) is 25.8 Å². The van der Waals surface area contributed by atoms with E-state index in [0.29, 0.717) is 13.1 Å². The summed E-state index contributed by atoms with van der Waals surface area (Å²) in [7, 11) is 1.63. The first-order valence-electron chi connectivity index (χ1n) is 7.90. The van der Waals surface area contributed by atoms with Crippen molar-refractivity contribution in [2.75, 3.05) is 13.7 Å². The number of nitrogens with one attached hydrogen (secondary N) is 1. The van der Waals surface area contributed by atoms with E-state index in [1.807, 2.05) is 47.0 Å². The molecule has 0 amide bonds. The molecule has 2 aromatic heterocycles. The van der Waals surface area contributed by atoms with Crippen LogP contribution in [-0.2, 0) is 13.1 Å². The fourth-order valence-corrected chi connectivity index (χ4v) is 3.13. The van der Waals surface area contributed by atoms with Crippen LogP contribution in [0.4, 0.5) is 0 Å². The first-order valence-corrected chi connectivity index (χ1v) is 7.90. The van der Waals surface area contributed by atoms with Gasteiger partial charge in [0.05, 0.1) is 29.9 Å². The van der Waals surface area contributed by atoms with Gasteiger partial charge in [0.1, 0.15) is 5.75 Å². The second-order valence-electron chi connectivity index (χ2n) is 5.65. The van der Waals surface area contributed by atoms with Gasteiger partial charge in [-0.15, -0.1) is 0 Å². The largest absolute Gasteiger partial charge is 0.497 e. The Hall–Kier alpha value is -2.86. The zero-order valence-electron chi connectivity index (χ0n) is 13.4. The van der Waals surface area contributed by atoms with Crippen LogP contribution in [0.2, 0.25) is 0 Å². The van der Waals surface area contributed by atoms with Gasteiger partial charge in [0.2, 0.25) is 0 Å². The van der Waals surface area contributed by atoms with Crippen LogP contribution in [0.3, 0.4) is 0 Å². The van der Waals surface area contributed by atoms with Crippen LogP contribution in [0.5, 0.6) is 5.75 Å². The molecule has 1 N–H and O–H groups in total. The zero-order valence-corrected chi connectivity index (χ0v) is 13.4. The van der Waals surface area contributed by atoms with Crippen LogP contribution >= 0.6 is 0 Å². The highest BCUT2D eigenvalue weighted by molar-refractivity contribution is 5.62. The number of imidazole rings is 1. The van der Waals surface area contributed by atoms with Crippen molar-refractivity contribution in [1.29, 1.82) is 0 Å². The summed E-state index contributed by atoms with van der Waals surface area (Å²) in [6.07, 6.45) is 1.75. The maximum absolute atomic E-state index is 13.0. The Morgan fingerprint density at radius 2 is 2.00 bits per heavy atom. The third-order valence-electron chi connectivity index (χ3n) is 4.29. The second-order valence-corrected chi connectivity index (χ2v) is 5.65. The molecule has 6 nitrogen and oxygen atoms in total. The molecule has 24 heavy (non-hydrogen) atoms. The molecular formula is C18H18N4O2. The van der Waals surface area contributed by atoms with Crippen molar-refractivity contribution in [3.05, 3.63) is 64.8 Å². The number of nitrogens with zero attached hydrogens (tertiary/aromatic N) is 3. The molecule has 4 rings (SSSR count). The average molecular weight is 322 g/mol. The minimum absolute atomic E-state index is 0.0303. The molecule has 0 fully saturated rings. The highest BCUT2D eigenvalue weighted by Crippen LogP contribution is 2.26. The molecule has 0 atom stereocenters. The monoisotopic (exact) mass is 322 g/mol. The summed E-state index contributed by atoms with van der Waals surface area (Å²) in [4.78, 5) is 17.5. The van der Waals surface area contributed by atoms with Crippen molar-refractivity contribution in [2.45, 2.75) is 13.1 Å². The molecule has 0 bridgehead atoms. The minimum Gasteiger partial charge on any atom is -0.497 e. The molecule has 0 spiro atoms. The van der Waals surface area contributed by atoms with Crippen LogP contribution in [0, 0.1) is 0 Å². The van der Waals surface area contributed by atoms with E-state index in [1.54, 1.807) is 17.9 Å². The SMILES string of the molecule is COc1ccc(-n2c(-c3ccccn3)c3n(c2=O)CCNC3)cc1. The van der Waals surface area contributed by atoms with Crippen molar-refractivity contribution in [1.82, 2.24) is 19.4 Å². The predicted octanol–water partition coefficient (Wildman–Crippen LogP) is 1.81. The quantitative estimate of drug-likeness (QED) is 0.799. The highest BCUT2D eigenvalue weighted by atomic mass is 16.5. The topological polar surface area (TPSA) is 61.1 Å². The molecule has 3 aromatic rings. The smallest absolute Gasteiger partial charge is 0.333 e. The Balaban J connectivity index is 1.98. The van der Waals surface area contributed by atoms with Gasteiger partial charge in [-0.05, 0) is 36.4 Å². The lowest BCUT2D eigenvalue weighted by Crippen LogP contribution is -2.34. The van der Waals surface area contributed by atoms with Gasteiger partial charge in [-0.25, -0.2) is 4.79 Å². The number of fused-ring (bicyclic) bond motifs is 1. The summed E-state index contributed by atoms with van der Waals surface area (Å²) >= 11 is 0. The molecule has 1 aliphatic heterocycles. The van der Waals surface area contributed by atoms with Crippen molar-refractivity contribution >= 4 is 0 Å².